The summed E-state index contributed by atoms with van der Waals surface area (Å²) in [6.45, 7) is 3.48. The maximum Gasteiger partial charge on any atom is 0.326 e. The summed E-state index contributed by atoms with van der Waals surface area (Å²) in [5, 5.41) is 20.8. The first-order valence-electron chi connectivity index (χ1n) is 5.89. The molecule has 1 amide bonds. The van der Waals surface area contributed by atoms with Crippen molar-refractivity contribution in [2.45, 2.75) is 26.3 Å². The molecule has 0 radical (unpaired) electrons. The van der Waals surface area contributed by atoms with Crippen LogP contribution < -0.4 is 5.32 Å². The number of rotatable bonds is 5. The fraction of sp³-hybridized carbons (Fsp3) is 0.385. The molecule has 2 atom stereocenters. The van der Waals surface area contributed by atoms with Crippen LogP contribution in [0.15, 0.2) is 18.2 Å². The van der Waals surface area contributed by atoms with E-state index in [0.29, 0.717) is 6.42 Å². The van der Waals surface area contributed by atoms with E-state index in [0.717, 1.165) is 18.2 Å². The molecule has 0 aliphatic rings. The van der Waals surface area contributed by atoms with Crippen molar-refractivity contribution >= 4 is 11.9 Å². The second-order valence-electron chi connectivity index (χ2n) is 4.34. The number of hydrogen-bond acceptors (Lipinski definition) is 3. The molecule has 0 aromatic heterocycles. The first-order valence-corrected chi connectivity index (χ1v) is 5.89. The van der Waals surface area contributed by atoms with Gasteiger partial charge in [0.1, 0.15) is 17.6 Å². The Morgan fingerprint density at radius 2 is 2.05 bits per heavy atom. The van der Waals surface area contributed by atoms with Crippen molar-refractivity contribution in [1.82, 2.24) is 5.32 Å². The molecular weight excluding hydrogens is 253 g/mol. The third-order valence-corrected chi connectivity index (χ3v) is 2.97. The number of amides is 1. The molecule has 0 saturated carbocycles. The maximum atomic E-state index is 13.0. The van der Waals surface area contributed by atoms with E-state index in [4.69, 9.17) is 5.11 Å². The molecule has 0 bridgehead atoms. The van der Waals surface area contributed by atoms with E-state index in [1.807, 2.05) is 0 Å². The van der Waals surface area contributed by atoms with Crippen LogP contribution in [0.2, 0.25) is 0 Å². The Balaban J connectivity index is 2.94. The number of aliphatic carboxylic acids is 1. The lowest BCUT2D eigenvalue weighted by Crippen LogP contribution is -2.45. The average molecular weight is 269 g/mol. The van der Waals surface area contributed by atoms with Crippen LogP contribution in [0.3, 0.4) is 0 Å². The Morgan fingerprint density at radius 1 is 1.42 bits per heavy atom. The van der Waals surface area contributed by atoms with Crippen LogP contribution in [0.1, 0.15) is 30.6 Å². The second-order valence-corrected chi connectivity index (χ2v) is 4.34. The molecule has 1 rings (SSSR count). The Bertz CT molecular complexity index is 490. The molecule has 1 aromatic carbocycles. The zero-order valence-corrected chi connectivity index (χ0v) is 10.7. The molecule has 19 heavy (non-hydrogen) atoms. The van der Waals surface area contributed by atoms with Gasteiger partial charge in [-0.3, -0.25) is 4.79 Å². The van der Waals surface area contributed by atoms with E-state index in [2.05, 4.69) is 5.32 Å². The van der Waals surface area contributed by atoms with Gasteiger partial charge in [-0.05, 0) is 24.1 Å². The predicted octanol–water partition coefficient (Wildman–Crippen LogP) is 1.76. The van der Waals surface area contributed by atoms with Crippen LogP contribution in [0.5, 0.6) is 5.75 Å². The summed E-state index contributed by atoms with van der Waals surface area (Å²) in [6.07, 6.45) is 0.562. The molecule has 0 saturated heterocycles. The fourth-order valence-corrected chi connectivity index (χ4v) is 1.59. The highest BCUT2D eigenvalue weighted by molar-refractivity contribution is 5.98. The summed E-state index contributed by atoms with van der Waals surface area (Å²) in [7, 11) is 0. The predicted molar refractivity (Wildman–Crippen MR) is 66.4 cm³/mol. The summed E-state index contributed by atoms with van der Waals surface area (Å²) >= 11 is 0. The molecule has 104 valence electrons. The topological polar surface area (TPSA) is 86.6 Å². The van der Waals surface area contributed by atoms with Gasteiger partial charge in [0.2, 0.25) is 0 Å². The van der Waals surface area contributed by atoms with Crippen molar-refractivity contribution in [2.75, 3.05) is 0 Å². The third-order valence-electron chi connectivity index (χ3n) is 2.97. The van der Waals surface area contributed by atoms with Crippen molar-refractivity contribution in [1.29, 1.82) is 0 Å². The highest BCUT2D eigenvalue weighted by atomic mass is 19.1. The number of aromatic hydroxyl groups is 1. The van der Waals surface area contributed by atoms with E-state index >= 15 is 0 Å². The van der Waals surface area contributed by atoms with Gasteiger partial charge in [-0.25, -0.2) is 9.18 Å². The Hall–Kier alpha value is -2.11. The molecule has 3 N–H and O–H groups in total. The van der Waals surface area contributed by atoms with Gasteiger partial charge in [0, 0.05) is 0 Å². The number of benzene rings is 1. The molecule has 0 aliphatic carbocycles. The number of carboxylic acids is 1. The van der Waals surface area contributed by atoms with Gasteiger partial charge in [0.05, 0.1) is 5.56 Å². The van der Waals surface area contributed by atoms with Crippen molar-refractivity contribution in [3.63, 3.8) is 0 Å². The second kappa shape index (κ2) is 6.17. The number of carboxylic acid groups (broad SMARTS) is 1. The Labute approximate surface area is 110 Å². The van der Waals surface area contributed by atoms with Crippen LogP contribution in [0.25, 0.3) is 0 Å². The number of hydrogen-bond donors (Lipinski definition) is 3. The minimum absolute atomic E-state index is 0.280. The molecule has 5 nitrogen and oxygen atoms in total. The van der Waals surface area contributed by atoms with Gasteiger partial charge in [-0.2, -0.15) is 0 Å². The van der Waals surface area contributed by atoms with E-state index in [1.54, 1.807) is 13.8 Å². The van der Waals surface area contributed by atoms with Crippen molar-refractivity contribution in [2.24, 2.45) is 5.92 Å². The zero-order valence-electron chi connectivity index (χ0n) is 10.7. The highest BCUT2D eigenvalue weighted by Gasteiger charge is 2.26. The van der Waals surface area contributed by atoms with Crippen molar-refractivity contribution < 1.29 is 24.2 Å². The molecule has 0 spiro atoms. The van der Waals surface area contributed by atoms with Crippen molar-refractivity contribution in [3.05, 3.63) is 29.6 Å². The standard InChI is InChI=1S/C13H16FNO4/c1-3-7(2)11(13(18)19)15-12(17)9-6-8(14)4-5-10(9)16/h4-7,11,16H,3H2,1-2H3,(H,15,17)(H,18,19)/t7?,11-/m0/s1. The zero-order chi connectivity index (χ0) is 14.6. The minimum atomic E-state index is -1.17. The number of carbonyl (C=O) groups is 2. The first-order chi connectivity index (χ1) is 8.86. The van der Waals surface area contributed by atoms with Gasteiger partial charge >= 0.3 is 5.97 Å². The van der Waals surface area contributed by atoms with Gasteiger partial charge in [-0.1, -0.05) is 20.3 Å². The molecule has 1 aromatic rings. The lowest BCUT2D eigenvalue weighted by molar-refractivity contribution is -0.140. The monoisotopic (exact) mass is 269 g/mol. The van der Waals surface area contributed by atoms with Gasteiger partial charge in [0.15, 0.2) is 0 Å². The molecular formula is C13H16FNO4. The number of phenols is 1. The molecule has 1 unspecified atom stereocenters. The minimum Gasteiger partial charge on any atom is -0.507 e. The smallest absolute Gasteiger partial charge is 0.326 e. The summed E-state index contributed by atoms with van der Waals surface area (Å²) in [5.74, 6) is -3.34. The SMILES string of the molecule is CCC(C)[C@H](NC(=O)c1cc(F)ccc1O)C(=O)O. The van der Waals surface area contributed by atoms with Crippen LogP contribution in [0, 0.1) is 11.7 Å². The molecule has 0 heterocycles. The van der Waals surface area contributed by atoms with Crippen LogP contribution in [-0.2, 0) is 4.79 Å². The van der Waals surface area contributed by atoms with E-state index < -0.39 is 29.5 Å². The molecule has 0 fully saturated rings. The maximum absolute atomic E-state index is 13.0. The van der Waals surface area contributed by atoms with Gasteiger partial charge in [-0.15, -0.1) is 0 Å². The van der Waals surface area contributed by atoms with E-state index in [9.17, 15) is 19.1 Å². The van der Waals surface area contributed by atoms with E-state index in [-0.39, 0.29) is 11.5 Å². The van der Waals surface area contributed by atoms with Crippen LogP contribution >= 0.6 is 0 Å². The quantitative estimate of drug-likeness (QED) is 0.760. The normalized spacial score (nSPS) is 13.6. The first kappa shape index (κ1) is 14.9. The average Bonchev–Trinajstić information content (AvgIpc) is 2.37. The van der Waals surface area contributed by atoms with Crippen LogP contribution in [-0.4, -0.2) is 28.1 Å². The van der Waals surface area contributed by atoms with E-state index in [1.165, 1.54) is 0 Å². The lowest BCUT2D eigenvalue weighted by atomic mass is 9.99. The van der Waals surface area contributed by atoms with Gasteiger partial charge < -0.3 is 15.5 Å². The Morgan fingerprint density at radius 3 is 2.58 bits per heavy atom. The van der Waals surface area contributed by atoms with Gasteiger partial charge in [0.25, 0.3) is 5.91 Å². The van der Waals surface area contributed by atoms with Crippen LogP contribution in [0.4, 0.5) is 4.39 Å². The number of phenolic OH excluding ortho intramolecular Hbond substituents is 1. The lowest BCUT2D eigenvalue weighted by Gasteiger charge is -2.20. The number of halogens is 1. The highest BCUT2D eigenvalue weighted by Crippen LogP contribution is 2.18. The molecule has 0 aliphatic heterocycles. The summed E-state index contributed by atoms with van der Waals surface area (Å²) < 4.78 is 13.0. The number of carbonyl (C=O) groups excluding carboxylic acids is 1. The summed E-state index contributed by atoms with van der Waals surface area (Å²) in [5.41, 5.74) is -0.283. The third kappa shape index (κ3) is 3.67. The molecule has 6 heteroatoms. The Kier molecular flexibility index (Phi) is 4.86. The van der Waals surface area contributed by atoms with Crippen molar-refractivity contribution in [3.8, 4) is 5.75 Å². The largest absolute Gasteiger partial charge is 0.507 e. The summed E-state index contributed by atoms with van der Waals surface area (Å²) in [4.78, 5) is 22.9. The number of nitrogens with one attached hydrogen (secondary N) is 1. The fourth-order valence-electron chi connectivity index (χ4n) is 1.59. The summed E-state index contributed by atoms with van der Waals surface area (Å²) in [6, 6.07) is 1.83.